The standard InChI is InChI=1S/C16H15ClN2/c17-14-8-6-12(7-9-14)3-1-4-13-11-19-16-15(13)5-2-10-18-16/h2,5-11H,1,3-4H2,(H,18,19). The van der Waals surface area contributed by atoms with Crippen molar-refractivity contribution in [2.24, 2.45) is 0 Å². The summed E-state index contributed by atoms with van der Waals surface area (Å²) in [4.78, 5) is 7.52. The summed E-state index contributed by atoms with van der Waals surface area (Å²) in [6, 6.07) is 12.2. The van der Waals surface area contributed by atoms with Crippen LogP contribution in [0.15, 0.2) is 48.8 Å². The van der Waals surface area contributed by atoms with Gasteiger partial charge in [-0.15, -0.1) is 0 Å². The van der Waals surface area contributed by atoms with Gasteiger partial charge in [-0.2, -0.15) is 0 Å². The van der Waals surface area contributed by atoms with Crippen LogP contribution in [-0.2, 0) is 12.8 Å². The Hall–Kier alpha value is -1.80. The lowest BCUT2D eigenvalue weighted by Gasteiger charge is -2.01. The van der Waals surface area contributed by atoms with E-state index in [1.165, 1.54) is 16.5 Å². The van der Waals surface area contributed by atoms with E-state index in [0.717, 1.165) is 29.9 Å². The number of aromatic nitrogens is 2. The van der Waals surface area contributed by atoms with Crippen molar-refractivity contribution in [1.82, 2.24) is 9.97 Å². The highest BCUT2D eigenvalue weighted by Gasteiger charge is 2.03. The third-order valence-electron chi connectivity index (χ3n) is 3.36. The molecule has 0 aliphatic carbocycles. The number of nitrogens with zero attached hydrogens (tertiary/aromatic N) is 1. The SMILES string of the molecule is Clc1ccc(CCCc2c[nH]c3ncccc23)cc1. The van der Waals surface area contributed by atoms with E-state index < -0.39 is 0 Å². The first kappa shape index (κ1) is 12.2. The zero-order valence-corrected chi connectivity index (χ0v) is 11.3. The van der Waals surface area contributed by atoms with Crippen LogP contribution in [0.3, 0.4) is 0 Å². The molecule has 0 spiro atoms. The Bertz CT molecular complexity index is 671. The van der Waals surface area contributed by atoms with Crippen molar-refractivity contribution in [3.8, 4) is 0 Å². The molecule has 0 unspecified atom stereocenters. The van der Waals surface area contributed by atoms with Crippen molar-refractivity contribution in [3.05, 3.63) is 64.9 Å². The second kappa shape index (κ2) is 5.45. The second-order valence-corrected chi connectivity index (χ2v) is 5.13. The Balaban J connectivity index is 1.65. The number of halogens is 1. The average molecular weight is 271 g/mol. The molecule has 3 rings (SSSR count). The van der Waals surface area contributed by atoms with Gasteiger partial charge in [0.15, 0.2) is 0 Å². The molecule has 19 heavy (non-hydrogen) atoms. The third-order valence-corrected chi connectivity index (χ3v) is 3.61. The summed E-state index contributed by atoms with van der Waals surface area (Å²) >= 11 is 5.88. The van der Waals surface area contributed by atoms with Gasteiger partial charge >= 0.3 is 0 Å². The summed E-state index contributed by atoms with van der Waals surface area (Å²) in [5, 5.41) is 2.03. The van der Waals surface area contributed by atoms with Gasteiger partial charge in [0.1, 0.15) is 5.65 Å². The van der Waals surface area contributed by atoms with E-state index in [9.17, 15) is 0 Å². The van der Waals surface area contributed by atoms with Gasteiger partial charge in [-0.1, -0.05) is 23.7 Å². The first-order valence-corrected chi connectivity index (χ1v) is 6.86. The zero-order valence-electron chi connectivity index (χ0n) is 10.6. The molecule has 2 aromatic heterocycles. The molecule has 0 saturated carbocycles. The van der Waals surface area contributed by atoms with Crippen molar-refractivity contribution in [2.45, 2.75) is 19.3 Å². The molecule has 3 heteroatoms. The summed E-state index contributed by atoms with van der Waals surface area (Å²) in [7, 11) is 0. The summed E-state index contributed by atoms with van der Waals surface area (Å²) in [5.41, 5.74) is 3.66. The highest BCUT2D eigenvalue weighted by Crippen LogP contribution is 2.18. The summed E-state index contributed by atoms with van der Waals surface area (Å²) < 4.78 is 0. The van der Waals surface area contributed by atoms with Crippen molar-refractivity contribution in [1.29, 1.82) is 0 Å². The minimum Gasteiger partial charge on any atom is -0.346 e. The second-order valence-electron chi connectivity index (χ2n) is 4.69. The molecule has 0 aliphatic rings. The molecular formula is C16H15ClN2. The minimum absolute atomic E-state index is 0.798. The summed E-state index contributed by atoms with van der Waals surface area (Å²) in [6.07, 6.45) is 7.15. The predicted molar refractivity (Wildman–Crippen MR) is 79.6 cm³/mol. The summed E-state index contributed by atoms with van der Waals surface area (Å²) in [5.74, 6) is 0. The Labute approximate surface area is 117 Å². The highest BCUT2D eigenvalue weighted by atomic mass is 35.5. The molecule has 2 nitrogen and oxygen atoms in total. The van der Waals surface area contributed by atoms with Crippen LogP contribution >= 0.6 is 11.6 Å². The predicted octanol–water partition coefficient (Wildman–Crippen LogP) is 4.39. The number of aryl methyl sites for hydroxylation is 2. The molecular weight excluding hydrogens is 256 g/mol. The van der Waals surface area contributed by atoms with Gasteiger partial charge in [0.05, 0.1) is 0 Å². The number of hydrogen-bond acceptors (Lipinski definition) is 1. The van der Waals surface area contributed by atoms with Gasteiger partial charge in [0.25, 0.3) is 0 Å². The molecule has 1 N–H and O–H groups in total. The molecule has 96 valence electrons. The molecule has 0 bridgehead atoms. The molecule has 1 aromatic carbocycles. The maximum Gasteiger partial charge on any atom is 0.137 e. The molecule has 0 fully saturated rings. The first-order valence-electron chi connectivity index (χ1n) is 6.48. The number of H-pyrrole nitrogens is 1. The smallest absolute Gasteiger partial charge is 0.137 e. The molecule has 0 amide bonds. The average Bonchev–Trinajstić information content (AvgIpc) is 2.85. The maximum atomic E-state index is 5.88. The van der Waals surface area contributed by atoms with Gasteiger partial charge in [0.2, 0.25) is 0 Å². The van der Waals surface area contributed by atoms with Crippen LogP contribution < -0.4 is 0 Å². The lowest BCUT2D eigenvalue weighted by molar-refractivity contribution is 0.825. The molecule has 3 aromatic rings. The van der Waals surface area contributed by atoms with Crippen molar-refractivity contribution in [3.63, 3.8) is 0 Å². The van der Waals surface area contributed by atoms with E-state index in [-0.39, 0.29) is 0 Å². The van der Waals surface area contributed by atoms with E-state index in [4.69, 9.17) is 11.6 Å². The number of pyridine rings is 1. The van der Waals surface area contributed by atoms with Gasteiger partial charge in [-0.25, -0.2) is 4.98 Å². The monoisotopic (exact) mass is 270 g/mol. The van der Waals surface area contributed by atoms with E-state index in [0.29, 0.717) is 0 Å². The van der Waals surface area contributed by atoms with Crippen LogP contribution in [-0.4, -0.2) is 9.97 Å². The lowest BCUT2D eigenvalue weighted by atomic mass is 10.0. The van der Waals surface area contributed by atoms with Gasteiger partial charge in [-0.05, 0) is 54.7 Å². The third kappa shape index (κ3) is 2.79. The summed E-state index contributed by atoms with van der Waals surface area (Å²) in [6.45, 7) is 0. The minimum atomic E-state index is 0.798. The highest BCUT2D eigenvalue weighted by molar-refractivity contribution is 6.30. The fourth-order valence-corrected chi connectivity index (χ4v) is 2.48. The molecule has 2 heterocycles. The molecule has 0 saturated heterocycles. The van der Waals surface area contributed by atoms with Crippen LogP contribution in [0.25, 0.3) is 11.0 Å². The van der Waals surface area contributed by atoms with Crippen LogP contribution in [0, 0.1) is 0 Å². The van der Waals surface area contributed by atoms with E-state index >= 15 is 0 Å². The normalized spacial score (nSPS) is 11.0. The van der Waals surface area contributed by atoms with Crippen LogP contribution in [0.2, 0.25) is 5.02 Å². The number of rotatable bonds is 4. The lowest BCUT2D eigenvalue weighted by Crippen LogP contribution is -1.89. The van der Waals surface area contributed by atoms with E-state index in [1.807, 2.05) is 24.4 Å². The van der Waals surface area contributed by atoms with E-state index in [2.05, 4.69) is 34.4 Å². The number of nitrogens with one attached hydrogen (secondary N) is 1. The van der Waals surface area contributed by atoms with Crippen molar-refractivity contribution < 1.29 is 0 Å². The maximum absolute atomic E-state index is 5.88. The molecule has 0 atom stereocenters. The van der Waals surface area contributed by atoms with Gasteiger partial charge < -0.3 is 4.98 Å². The fourth-order valence-electron chi connectivity index (χ4n) is 2.35. The van der Waals surface area contributed by atoms with Crippen LogP contribution in [0.4, 0.5) is 0 Å². The zero-order chi connectivity index (χ0) is 13.1. The molecule has 0 aliphatic heterocycles. The Morgan fingerprint density at radius 1 is 1.05 bits per heavy atom. The Kier molecular flexibility index (Phi) is 3.51. The van der Waals surface area contributed by atoms with Crippen LogP contribution in [0.1, 0.15) is 17.5 Å². The topological polar surface area (TPSA) is 28.7 Å². The number of aromatic amines is 1. The largest absolute Gasteiger partial charge is 0.346 e. The van der Waals surface area contributed by atoms with Gasteiger partial charge in [-0.3, -0.25) is 0 Å². The van der Waals surface area contributed by atoms with Gasteiger partial charge in [0, 0.05) is 22.8 Å². The Morgan fingerprint density at radius 3 is 2.74 bits per heavy atom. The van der Waals surface area contributed by atoms with E-state index in [1.54, 1.807) is 0 Å². The van der Waals surface area contributed by atoms with Crippen molar-refractivity contribution in [2.75, 3.05) is 0 Å². The van der Waals surface area contributed by atoms with Crippen molar-refractivity contribution >= 4 is 22.6 Å². The number of fused-ring (bicyclic) bond motifs is 1. The number of hydrogen-bond donors (Lipinski definition) is 1. The molecule has 0 radical (unpaired) electrons. The number of benzene rings is 1. The van der Waals surface area contributed by atoms with Crippen LogP contribution in [0.5, 0.6) is 0 Å². The first-order chi connectivity index (χ1) is 9.33. The Morgan fingerprint density at radius 2 is 1.89 bits per heavy atom. The quantitative estimate of drug-likeness (QED) is 0.748. The fraction of sp³-hybridized carbons (Fsp3) is 0.188.